The van der Waals surface area contributed by atoms with Crippen LogP contribution in [0.5, 0.6) is 0 Å². The Kier molecular flexibility index (Phi) is 3.30. The van der Waals surface area contributed by atoms with Crippen LogP contribution in [0.15, 0.2) is 18.2 Å². The second-order valence-corrected chi connectivity index (χ2v) is 2.96. The number of nitrogens with zero attached hydrogens (tertiary/aromatic N) is 1. The summed E-state index contributed by atoms with van der Waals surface area (Å²) in [6.45, 7) is 0. The van der Waals surface area contributed by atoms with Crippen molar-refractivity contribution in [1.29, 1.82) is 5.26 Å². The topological polar surface area (TPSA) is 23.8 Å². The summed E-state index contributed by atoms with van der Waals surface area (Å²) in [5.41, 5.74) is -1.05. The summed E-state index contributed by atoms with van der Waals surface area (Å²) in [6, 6.07) is 4.00. The zero-order chi connectivity index (χ0) is 11.5. The number of aryl methyl sites for hydroxylation is 1. The maximum Gasteiger partial charge on any atom is 0.416 e. The highest BCUT2D eigenvalue weighted by Crippen LogP contribution is 2.32. The quantitative estimate of drug-likeness (QED) is 0.697. The van der Waals surface area contributed by atoms with Gasteiger partial charge in [-0.05, 0) is 30.2 Å². The van der Waals surface area contributed by atoms with E-state index in [1.54, 1.807) is 6.07 Å². The molecule has 1 nitrogen and oxygen atoms in total. The van der Waals surface area contributed by atoms with Crippen LogP contribution in [0.3, 0.4) is 0 Å². The molecule has 0 aromatic heterocycles. The van der Waals surface area contributed by atoms with E-state index < -0.39 is 17.6 Å². The van der Waals surface area contributed by atoms with Crippen LogP contribution in [-0.2, 0) is 12.6 Å². The summed E-state index contributed by atoms with van der Waals surface area (Å²) in [4.78, 5) is 0. The summed E-state index contributed by atoms with van der Waals surface area (Å²) in [5.74, 6) is -0.726. The molecule has 0 N–H and O–H groups in total. The molecular formula is C10H7F4N. The fraction of sp³-hybridized carbons (Fsp3) is 0.300. The molecule has 0 saturated carbocycles. The Balaban J connectivity index is 3.10. The van der Waals surface area contributed by atoms with Crippen LogP contribution >= 0.6 is 0 Å². The third kappa shape index (κ3) is 2.94. The summed E-state index contributed by atoms with van der Waals surface area (Å²) in [7, 11) is 0. The van der Waals surface area contributed by atoms with Crippen molar-refractivity contribution in [2.24, 2.45) is 0 Å². The van der Waals surface area contributed by atoms with E-state index in [1.807, 2.05) is 0 Å². The predicted molar refractivity (Wildman–Crippen MR) is 45.3 cm³/mol. The van der Waals surface area contributed by atoms with Crippen LogP contribution in [-0.4, -0.2) is 0 Å². The molecular weight excluding hydrogens is 210 g/mol. The van der Waals surface area contributed by atoms with E-state index >= 15 is 0 Å². The Labute approximate surface area is 83.9 Å². The molecule has 0 atom stereocenters. The van der Waals surface area contributed by atoms with E-state index in [1.165, 1.54) is 0 Å². The molecule has 0 saturated heterocycles. The van der Waals surface area contributed by atoms with Gasteiger partial charge in [-0.2, -0.15) is 18.4 Å². The molecule has 0 spiro atoms. The van der Waals surface area contributed by atoms with Gasteiger partial charge < -0.3 is 0 Å². The van der Waals surface area contributed by atoms with E-state index in [9.17, 15) is 17.6 Å². The largest absolute Gasteiger partial charge is 0.416 e. The van der Waals surface area contributed by atoms with Crippen molar-refractivity contribution in [1.82, 2.24) is 0 Å². The second-order valence-electron chi connectivity index (χ2n) is 2.96. The molecule has 0 bridgehead atoms. The van der Waals surface area contributed by atoms with E-state index in [2.05, 4.69) is 0 Å². The minimum atomic E-state index is -4.50. The molecule has 5 heteroatoms. The van der Waals surface area contributed by atoms with Gasteiger partial charge in [0.25, 0.3) is 0 Å². The number of halogens is 4. The smallest absolute Gasteiger partial charge is 0.207 e. The number of alkyl halides is 3. The van der Waals surface area contributed by atoms with Gasteiger partial charge in [-0.15, -0.1) is 0 Å². The maximum absolute atomic E-state index is 12.7. The second kappa shape index (κ2) is 4.30. The van der Waals surface area contributed by atoms with E-state index in [0.717, 1.165) is 12.1 Å². The van der Waals surface area contributed by atoms with E-state index in [0.29, 0.717) is 6.07 Å². The van der Waals surface area contributed by atoms with Gasteiger partial charge >= 0.3 is 6.18 Å². The lowest BCUT2D eigenvalue weighted by atomic mass is 10.0. The Morgan fingerprint density at radius 3 is 2.47 bits per heavy atom. The normalized spacial score (nSPS) is 11.1. The van der Waals surface area contributed by atoms with Crippen molar-refractivity contribution in [3.63, 3.8) is 0 Å². The van der Waals surface area contributed by atoms with Gasteiger partial charge in [0.05, 0.1) is 11.6 Å². The van der Waals surface area contributed by atoms with Crippen molar-refractivity contribution >= 4 is 0 Å². The number of hydrogen-bond acceptors (Lipinski definition) is 1. The molecule has 1 aromatic rings. The fourth-order valence-corrected chi connectivity index (χ4v) is 1.24. The Morgan fingerprint density at radius 2 is 1.93 bits per heavy atom. The molecule has 0 heterocycles. The molecule has 80 valence electrons. The molecule has 0 aliphatic carbocycles. The van der Waals surface area contributed by atoms with Crippen molar-refractivity contribution in [2.45, 2.75) is 19.0 Å². The molecule has 0 aliphatic rings. The van der Waals surface area contributed by atoms with Gasteiger partial charge in [0.2, 0.25) is 0 Å². The van der Waals surface area contributed by atoms with Gasteiger partial charge in [-0.1, -0.05) is 0 Å². The molecule has 0 unspecified atom stereocenters. The third-order valence-corrected chi connectivity index (χ3v) is 1.88. The predicted octanol–water partition coefficient (Wildman–Crippen LogP) is 3.30. The summed E-state index contributed by atoms with van der Waals surface area (Å²) >= 11 is 0. The average Bonchev–Trinajstić information content (AvgIpc) is 2.12. The minimum absolute atomic E-state index is 0.0630. The number of rotatable bonds is 2. The first-order chi connectivity index (χ1) is 6.95. The lowest BCUT2D eigenvalue weighted by Crippen LogP contribution is -2.09. The monoisotopic (exact) mass is 217 g/mol. The van der Waals surface area contributed by atoms with E-state index in [-0.39, 0.29) is 18.4 Å². The highest BCUT2D eigenvalue weighted by atomic mass is 19.4. The zero-order valence-corrected chi connectivity index (χ0v) is 7.61. The van der Waals surface area contributed by atoms with Crippen LogP contribution in [0.25, 0.3) is 0 Å². The minimum Gasteiger partial charge on any atom is -0.207 e. The third-order valence-electron chi connectivity index (χ3n) is 1.88. The Bertz CT molecular complexity index is 389. The molecule has 0 fully saturated rings. The first-order valence-electron chi connectivity index (χ1n) is 4.17. The van der Waals surface area contributed by atoms with E-state index in [4.69, 9.17) is 5.26 Å². The molecule has 15 heavy (non-hydrogen) atoms. The van der Waals surface area contributed by atoms with Crippen LogP contribution < -0.4 is 0 Å². The molecule has 1 rings (SSSR count). The fourth-order valence-electron chi connectivity index (χ4n) is 1.24. The zero-order valence-electron chi connectivity index (χ0n) is 7.61. The highest BCUT2D eigenvalue weighted by Gasteiger charge is 2.33. The van der Waals surface area contributed by atoms with Crippen LogP contribution in [0.1, 0.15) is 17.5 Å². The standard InChI is InChI=1S/C10H7F4N/c11-8-3-4-9(10(12,13)14)7(6-8)2-1-5-15/h3-4,6H,1-2H2. The van der Waals surface area contributed by atoms with Crippen molar-refractivity contribution in [3.05, 3.63) is 35.1 Å². The first kappa shape index (κ1) is 11.5. The van der Waals surface area contributed by atoms with Gasteiger partial charge in [-0.25, -0.2) is 4.39 Å². The SMILES string of the molecule is N#CCCc1cc(F)ccc1C(F)(F)F. The summed E-state index contributed by atoms with van der Waals surface area (Å²) in [5, 5.41) is 8.27. The van der Waals surface area contributed by atoms with Crippen LogP contribution in [0.2, 0.25) is 0 Å². The molecule has 1 aromatic carbocycles. The Morgan fingerprint density at radius 1 is 1.27 bits per heavy atom. The number of hydrogen-bond donors (Lipinski definition) is 0. The number of benzene rings is 1. The van der Waals surface area contributed by atoms with Crippen molar-refractivity contribution in [2.75, 3.05) is 0 Å². The average molecular weight is 217 g/mol. The molecule has 0 aliphatic heterocycles. The van der Waals surface area contributed by atoms with Crippen molar-refractivity contribution < 1.29 is 17.6 Å². The Hall–Kier alpha value is -1.57. The van der Waals surface area contributed by atoms with Gasteiger partial charge in [0.1, 0.15) is 5.82 Å². The summed E-state index contributed by atoms with van der Waals surface area (Å²) in [6.07, 6.45) is -4.66. The van der Waals surface area contributed by atoms with Crippen LogP contribution in [0, 0.1) is 17.1 Å². The lowest BCUT2D eigenvalue weighted by Gasteiger charge is -2.11. The first-order valence-corrected chi connectivity index (χ1v) is 4.17. The lowest BCUT2D eigenvalue weighted by molar-refractivity contribution is -0.138. The van der Waals surface area contributed by atoms with Gasteiger partial charge in [0.15, 0.2) is 0 Å². The molecule has 0 amide bonds. The van der Waals surface area contributed by atoms with Gasteiger partial charge in [0, 0.05) is 6.42 Å². The molecule has 0 radical (unpaired) electrons. The number of nitriles is 1. The van der Waals surface area contributed by atoms with Gasteiger partial charge in [-0.3, -0.25) is 0 Å². The maximum atomic E-state index is 12.7. The highest BCUT2D eigenvalue weighted by molar-refractivity contribution is 5.30. The summed E-state index contributed by atoms with van der Waals surface area (Å²) < 4.78 is 49.9. The van der Waals surface area contributed by atoms with Crippen molar-refractivity contribution in [3.8, 4) is 6.07 Å². The van der Waals surface area contributed by atoms with Crippen LogP contribution in [0.4, 0.5) is 17.6 Å².